The molecule has 0 amide bonds. The first-order valence-electron chi connectivity index (χ1n) is 7.77. The number of hydrogen-bond acceptors (Lipinski definition) is 1. The Morgan fingerprint density at radius 3 is 1.57 bits per heavy atom. The highest BCUT2D eigenvalue weighted by molar-refractivity contribution is 9.08. The van der Waals surface area contributed by atoms with E-state index in [2.05, 4.69) is 107 Å². The van der Waals surface area contributed by atoms with Crippen LogP contribution in [-0.4, -0.2) is 0 Å². The first-order valence-corrected chi connectivity index (χ1v) is 8.89. The van der Waals surface area contributed by atoms with Crippen LogP contribution in [0.1, 0.15) is 16.7 Å². The Morgan fingerprint density at radius 2 is 1.17 bits per heavy atom. The number of aryl methyl sites for hydroxylation is 2. The third-order valence-corrected chi connectivity index (χ3v) is 4.61. The number of anilines is 3. The van der Waals surface area contributed by atoms with E-state index in [9.17, 15) is 0 Å². The lowest BCUT2D eigenvalue weighted by Crippen LogP contribution is -2.13. The third kappa shape index (κ3) is 3.32. The monoisotopic (exact) mass is 365 g/mol. The number of hydrogen-bond donors (Lipinski definition) is 0. The molecule has 0 spiro atoms. The minimum absolute atomic E-state index is 0.881. The molecule has 0 N–H and O–H groups in total. The van der Waals surface area contributed by atoms with E-state index in [1.807, 2.05) is 0 Å². The van der Waals surface area contributed by atoms with Gasteiger partial charge in [-0.25, -0.2) is 0 Å². The number of rotatable bonds is 4. The van der Waals surface area contributed by atoms with Crippen molar-refractivity contribution in [1.82, 2.24) is 0 Å². The number of benzene rings is 3. The van der Waals surface area contributed by atoms with Crippen LogP contribution in [-0.2, 0) is 5.33 Å². The lowest BCUT2D eigenvalue weighted by Gasteiger charge is -2.29. The summed E-state index contributed by atoms with van der Waals surface area (Å²) < 4.78 is 0. The molecule has 0 fully saturated rings. The quantitative estimate of drug-likeness (QED) is 0.466. The molecule has 0 heterocycles. The van der Waals surface area contributed by atoms with Gasteiger partial charge in [0, 0.05) is 16.7 Å². The fourth-order valence-electron chi connectivity index (χ4n) is 3.04. The zero-order chi connectivity index (χ0) is 16.2. The van der Waals surface area contributed by atoms with Crippen LogP contribution in [0.5, 0.6) is 0 Å². The summed E-state index contributed by atoms with van der Waals surface area (Å²) in [4.78, 5) is 2.34. The standard InChI is InChI=1S/C21H20BrN/c1-16-13-18(15-22)14-17(2)21(16)23(19-9-5-3-6-10-19)20-11-7-4-8-12-20/h3-14H,15H2,1-2H3. The minimum atomic E-state index is 0.881. The first-order chi connectivity index (χ1) is 11.2. The van der Waals surface area contributed by atoms with Crippen molar-refractivity contribution in [2.45, 2.75) is 19.2 Å². The van der Waals surface area contributed by atoms with Crippen molar-refractivity contribution in [2.75, 3.05) is 4.90 Å². The Labute approximate surface area is 146 Å². The summed E-state index contributed by atoms with van der Waals surface area (Å²) in [6.07, 6.45) is 0. The second-order valence-electron chi connectivity index (χ2n) is 5.72. The first kappa shape index (κ1) is 15.8. The van der Waals surface area contributed by atoms with E-state index >= 15 is 0 Å². The molecule has 0 atom stereocenters. The molecule has 3 aromatic carbocycles. The van der Waals surface area contributed by atoms with Crippen LogP contribution >= 0.6 is 15.9 Å². The summed E-state index contributed by atoms with van der Waals surface area (Å²) in [5.74, 6) is 0. The number of alkyl halides is 1. The Balaban J connectivity index is 2.21. The predicted molar refractivity (Wildman–Crippen MR) is 103 cm³/mol. The van der Waals surface area contributed by atoms with Gasteiger partial charge in [0.05, 0.1) is 5.69 Å². The summed E-state index contributed by atoms with van der Waals surface area (Å²) in [6.45, 7) is 4.38. The molecule has 0 aliphatic heterocycles. The fraction of sp³-hybridized carbons (Fsp3) is 0.143. The highest BCUT2D eigenvalue weighted by Crippen LogP contribution is 2.38. The van der Waals surface area contributed by atoms with Gasteiger partial charge in [0.15, 0.2) is 0 Å². The molecule has 23 heavy (non-hydrogen) atoms. The zero-order valence-electron chi connectivity index (χ0n) is 13.5. The molecule has 0 saturated carbocycles. The molecule has 0 aliphatic carbocycles. The molecule has 116 valence electrons. The predicted octanol–water partition coefficient (Wildman–Crippen LogP) is 6.67. The van der Waals surface area contributed by atoms with Crippen LogP contribution in [0.3, 0.4) is 0 Å². The SMILES string of the molecule is Cc1cc(CBr)cc(C)c1N(c1ccccc1)c1ccccc1. The van der Waals surface area contributed by atoms with E-state index in [4.69, 9.17) is 0 Å². The van der Waals surface area contributed by atoms with Gasteiger partial charge in [-0.3, -0.25) is 0 Å². The largest absolute Gasteiger partial charge is 0.310 e. The summed E-state index contributed by atoms with van der Waals surface area (Å²) in [7, 11) is 0. The smallest absolute Gasteiger partial charge is 0.0520 e. The average molecular weight is 366 g/mol. The summed E-state index contributed by atoms with van der Waals surface area (Å²) in [6, 6.07) is 25.6. The number of nitrogens with zero attached hydrogens (tertiary/aromatic N) is 1. The second kappa shape index (κ2) is 7.01. The summed E-state index contributed by atoms with van der Waals surface area (Å²) in [5, 5.41) is 0.881. The molecule has 0 aromatic heterocycles. The fourth-order valence-corrected chi connectivity index (χ4v) is 3.36. The Hall–Kier alpha value is -2.06. The normalized spacial score (nSPS) is 10.6. The van der Waals surface area contributed by atoms with E-state index < -0.39 is 0 Å². The van der Waals surface area contributed by atoms with Crippen LogP contribution in [0.15, 0.2) is 72.8 Å². The second-order valence-corrected chi connectivity index (χ2v) is 6.28. The van der Waals surface area contributed by atoms with Gasteiger partial charge in [-0.1, -0.05) is 64.5 Å². The molecule has 2 heteroatoms. The lowest BCUT2D eigenvalue weighted by atomic mass is 10.0. The number of para-hydroxylation sites is 2. The molecule has 0 bridgehead atoms. The average Bonchev–Trinajstić information content (AvgIpc) is 2.59. The molecule has 1 nitrogen and oxygen atoms in total. The molecule has 3 aromatic rings. The van der Waals surface area contributed by atoms with E-state index in [1.54, 1.807) is 0 Å². The van der Waals surface area contributed by atoms with E-state index in [1.165, 1.54) is 33.8 Å². The highest BCUT2D eigenvalue weighted by atomic mass is 79.9. The van der Waals surface area contributed by atoms with Crippen LogP contribution in [0.25, 0.3) is 0 Å². The van der Waals surface area contributed by atoms with E-state index in [-0.39, 0.29) is 0 Å². The molecular formula is C21H20BrN. The van der Waals surface area contributed by atoms with Gasteiger partial charge in [0.2, 0.25) is 0 Å². The highest BCUT2D eigenvalue weighted by Gasteiger charge is 2.16. The third-order valence-electron chi connectivity index (χ3n) is 3.96. The summed E-state index contributed by atoms with van der Waals surface area (Å²) >= 11 is 3.56. The van der Waals surface area contributed by atoms with Crippen molar-refractivity contribution < 1.29 is 0 Å². The van der Waals surface area contributed by atoms with Crippen molar-refractivity contribution in [3.63, 3.8) is 0 Å². The van der Waals surface area contributed by atoms with Crippen LogP contribution in [0, 0.1) is 13.8 Å². The topological polar surface area (TPSA) is 3.24 Å². The molecule has 0 aliphatic rings. The number of halogens is 1. The molecule has 0 radical (unpaired) electrons. The van der Waals surface area contributed by atoms with Crippen LogP contribution in [0.4, 0.5) is 17.1 Å². The van der Waals surface area contributed by atoms with E-state index in [0.29, 0.717) is 0 Å². The van der Waals surface area contributed by atoms with Crippen molar-refractivity contribution in [2.24, 2.45) is 0 Å². The summed E-state index contributed by atoms with van der Waals surface area (Å²) in [5.41, 5.74) is 7.49. The van der Waals surface area contributed by atoms with Crippen molar-refractivity contribution in [3.05, 3.63) is 89.5 Å². The van der Waals surface area contributed by atoms with Crippen LogP contribution < -0.4 is 4.90 Å². The maximum absolute atomic E-state index is 3.56. The maximum atomic E-state index is 3.56. The Bertz CT molecular complexity index is 719. The molecule has 0 unspecified atom stereocenters. The van der Waals surface area contributed by atoms with Gasteiger partial charge in [-0.05, 0) is 54.8 Å². The lowest BCUT2D eigenvalue weighted by molar-refractivity contribution is 1.20. The minimum Gasteiger partial charge on any atom is -0.310 e. The maximum Gasteiger partial charge on any atom is 0.0520 e. The van der Waals surface area contributed by atoms with Gasteiger partial charge >= 0.3 is 0 Å². The van der Waals surface area contributed by atoms with Crippen molar-refractivity contribution >= 4 is 33.0 Å². The van der Waals surface area contributed by atoms with Gasteiger partial charge < -0.3 is 4.90 Å². The van der Waals surface area contributed by atoms with Crippen molar-refractivity contribution in [1.29, 1.82) is 0 Å². The van der Waals surface area contributed by atoms with Gasteiger partial charge in [-0.15, -0.1) is 0 Å². The zero-order valence-corrected chi connectivity index (χ0v) is 15.0. The molecular weight excluding hydrogens is 346 g/mol. The van der Waals surface area contributed by atoms with Gasteiger partial charge in [-0.2, -0.15) is 0 Å². The van der Waals surface area contributed by atoms with Gasteiger partial charge in [0.1, 0.15) is 0 Å². The molecule has 3 rings (SSSR count). The van der Waals surface area contributed by atoms with Gasteiger partial charge in [0.25, 0.3) is 0 Å². The Morgan fingerprint density at radius 1 is 0.739 bits per heavy atom. The van der Waals surface area contributed by atoms with Crippen molar-refractivity contribution in [3.8, 4) is 0 Å². The molecule has 0 saturated heterocycles. The van der Waals surface area contributed by atoms with Crippen LogP contribution in [0.2, 0.25) is 0 Å². The van der Waals surface area contributed by atoms with E-state index in [0.717, 1.165) is 5.33 Å². The Kier molecular flexibility index (Phi) is 4.82.